The molecule has 0 saturated heterocycles. The van der Waals surface area contributed by atoms with Gasteiger partial charge in [0.2, 0.25) is 0 Å². The summed E-state index contributed by atoms with van der Waals surface area (Å²) in [6.07, 6.45) is 0. The molecule has 5 nitrogen and oxygen atoms in total. The highest BCUT2D eigenvalue weighted by Crippen LogP contribution is 2.29. The normalized spacial score (nSPS) is 17.8. The molecular formula is C13H14IN3O2. The van der Waals surface area contributed by atoms with Crippen LogP contribution < -0.4 is 4.90 Å². The number of hydrogen-bond acceptors (Lipinski definition) is 4. The predicted molar refractivity (Wildman–Crippen MR) is 84.5 cm³/mol. The molecule has 0 unspecified atom stereocenters. The molecule has 1 aliphatic rings. The molecule has 0 saturated carbocycles. The standard InChI is InChI=1S/C13H14IN3O2/c1-8-15-12(14)16-13(2,3)17(8)10-6-4-9(5-7-10)11(18)19/h4-7H,1-3H3,(H,18,19). The number of amidine groups is 2. The summed E-state index contributed by atoms with van der Waals surface area (Å²) in [4.78, 5) is 21.7. The van der Waals surface area contributed by atoms with Crippen LogP contribution in [-0.4, -0.2) is 26.4 Å². The van der Waals surface area contributed by atoms with Crippen LogP contribution in [0.15, 0.2) is 34.3 Å². The van der Waals surface area contributed by atoms with E-state index in [1.54, 1.807) is 24.3 Å². The highest BCUT2D eigenvalue weighted by atomic mass is 127. The molecule has 0 bridgehead atoms. The zero-order valence-electron chi connectivity index (χ0n) is 10.9. The van der Waals surface area contributed by atoms with Crippen molar-refractivity contribution in [2.75, 3.05) is 4.90 Å². The van der Waals surface area contributed by atoms with Crippen LogP contribution in [0.1, 0.15) is 31.1 Å². The van der Waals surface area contributed by atoms with Gasteiger partial charge in [0.1, 0.15) is 11.5 Å². The van der Waals surface area contributed by atoms with Crippen molar-refractivity contribution in [1.82, 2.24) is 0 Å². The van der Waals surface area contributed by atoms with Crippen molar-refractivity contribution in [3.63, 3.8) is 0 Å². The van der Waals surface area contributed by atoms with Gasteiger partial charge in [0, 0.05) is 28.3 Å². The van der Waals surface area contributed by atoms with Crippen molar-refractivity contribution in [2.45, 2.75) is 26.4 Å². The van der Waals surface area contributed by atoms with Crippen molar-refractivity contribution in [3.05, 3.63) is 29.8 Å². The van der Waals surface area contributed by atoms with E-state index in [4.69, 9.17) is 5.11 Å². The number of carbonyl (C=O) groups is 1. The number of halogens is 1. The molecule has 0 spiro atoms. The second kappa shape index (κ2) is 4.92. The van der Waals surface area contributed by atoms with Gasteiger partial charge in [0.15, 0.2) is 3.84 Å². The number of hydrogen-bond donors (Lipinski definition) is 1. The molecule has 0 fully saturated rings. The van der Waals surface area contributed by atoms with E-state index in [0.29, 0.717) is 0 Å². The minimum Gasteiger partial charge on any atom is -0.478 e. The van der Waals surface area contributed by atoms with E-state index >= 15 is 0 Å². The van der Waals surface area contributed by atoms with Crippen LogP contribution in [0.2, 0.25) is 0 Å². The van der Waals surface area contributed by atoms with Crippen molar-refractivity contribution >= 4 is 43.9 Å². The summed E-state index contributed by atoms with van der Waals surface area (Å²) >= 11 is 2.10. The number of carboxylic acid groups (broad SMARTS) is 1. The van der Waals surface area contributed by atoms with E-state index in [0.717, 1.165) is 15.4 Å². The van der Waals surface area contributed by atoms with Crippen LogP contribution in [0.25, 0.3) is 0 Å². The lowest BCUT2D eigenvalue weighted by Crippen LogP contribution is -2.48. The van der Waals surface area contributed by atoms with Gasteiger partial charge in [-0.2, -0.15) is 0 Å². The Bertz CT molecular complexity index is 576. The van der Waals surface area contributed by atoms with E-state index in [-0.39, 0.29) is 5.56 Å². The highest BCUT2D eigenvalue weighted by molar-refractivity contribution is 14.1. The van der Waals surface area contributed by atoms with Gasteiger partial charge in [-0.05, 0) is 45.0 Å². The maximum Gasteiger partial charge on any atom is 0.335 e. The Labute approximate surface area is 125 Å². The summed E-state index contributed by atoms with van der Waals surface area (Å²) < 4.78 is 0.721. The Morgan fingerprint density at radius 3 is 2.37 bits per heavy atom. The molecule has 0 atom stereocenters. The Kier molecular flexibility index (Phi) is 3.62. The lowest BCUT2D eigenvalue weighted by Gasteiger charge is -2.39. The zero-order valence-corrected chi connectivity index (χ0v) is 13.0. The Balaban J connectivity index is 2.41. The number of aliphatic imine (C=N–C) groups is 2. The van der Waals surface area contributed by atoms with Crippen LogP contribution in [0.3, 0.4) is 0 Å². The SMILES string of the molecule is CC1=NC(I)=NC(C)(C)N1c1ccc(C(=O)O)cc1. The summed E-state index contributed by atoms with van der Waals surface area (Å²) in [5, 5.41) is 8.92. The van der Waals surface area contributed by atoms with Crippen LogP contribution in [-0.2, 0) is 0 Å². The van der Waals surface area contributed by atoms with Crippen molar-refractivity contribution in [2.24, 2.45) is 9.98 Å². The fraction of sp³-hybridized carbons (Fsp3) is 0.308. The van der Waals surface area contributed by atoms with Crippen LogP contribution >= 0.6 is 22.6 Å². The number of rotatable bonds is 2. The van der Waals surface area contributed by atoms with Gasteiger partial charge in [-0.1, -0.05) is 0 Å². The Morgan fingerprint density at radius 1 is 1.32 bits per heavy atom. The first-order valence-electron chi connectivity index (χ1n) is 5.75. The number of nitrogens with zero attached hydrogens (tertiary/aromatic N) is 3. The maximum absolute atomic E-state index is 10.9. The molecule has 0 aromatic heterocycles. The minimum atomic E-state index is -0.928. The largest absolute Gasteiger partial charge is 0.478 e. The molecule has 1 aromatic carbocycles. The second-order valence-electron chi connectivity index (χ2n) is 4.72. The third kappa shape index (κ3) is 2.78. The molecule has 0 radical (unpaired) electrons. The fourth-order valence-corrected chi connectivity index (χ4v) is 3.08. The zero-order chi connectivity index (χ0) is 14.2. The van der Waals surface area contributed by atoms with Crippen LogP contribution in [0, 0.1) is 0 Å². The van der Waals surface area contributed by atoms with E-state index in [1.165, 1.54) is 0 Å². The molecular weight excluding hydrogens is 357 g/mol. The summed E-state index contributed by atoms with van der Waals surface area (Å²) in [5.74, 6) is -0.0881. The first kappa shape index (κ1) is 14.0. The third-order valence-corrected chi connectivity index (χ3v) is 3.35. The van der Waals surface area contributed by atoms with E-state index in [9.17, 15) is 4.79 Å². The first-order valence-corrected chi connectivity index (χ1v) is 6.83. The van der Waals surface area contributed by atoms with Gasteiger partial charge >= 0.3 is 5.97 Å². The van der Waals surface area contributed by atoms with Gasteiger partial charge in [-0.15, -0.1) is 0 Å². The quantitative estimate of drug-likeness (QED) is 0.642. The summed E-state index contributed by atoms with van der Waals surface area (Å²) in [5.41, 5.74) is 0.711. The summed E-state index contributed by atoms with van der Waals surface area (Å²) in [7, 11) is 0. The molecule has 1 N–H and O–H groups in total. The van der Waals surface area contributed by atoms with Gasteiger partial charge in [-0.3, -0.25) is 0 Å². The van der Waals surface area contributed by atoms with Gasteiger partial charge < -0.3 is 10.0 Å². The number of aromatic carboxylic acids is 1. The van der Waals surface area contributed by atoms with E-state index in [1.807, 2.05) is 25.7 Å². The smallest absolute Gasteiger partial charge is 0.335 e. The average molecular weight is 371 g/mol. The first-order chi connectivity index (χ1) is 8.81. The number of anilines is 1. The van der Waals surface area contributed by atoms with Gasteiger partial charge in [0.25, 0.3) is 0 Å². The molecule has 1 aromatic rings. The van der Waals surface area contributed by atoms with Gasteiger partial charge in [0.05, 0.1) is 5.56 Å². The Hall–Kier alpha value is -1.44. The minimum absolute atomic E-state index is 0.270. The molecule has 0 aliphatic carbocycles. The highest BCUT2D eigenvalue weighted by Gasteiger charge is 2.32. The lowest BCUT2D eigenvalue weighted by atomic mass is 10.1. The number of carboxylic acids is 1. The topological polar surface area (TPSA) is 65.3 Å². The summed E-state index contributed by atoms with van der Waals surface area (Å²) in [6.45, 7) is 5.91. The molecule has 6 heteroatoms. The average Bonchev–Trinajstić information content (AvgIpc) is 2.26. The van der Waals surface area contributed by atoms with Crippen LogP contribution in [0.4, 0.5) is 5.69 Å². The van der Waals surface area contributed by atoms with Crippen molar-refractivity contribution in [1.29, 1.82) is 0 Å². The molecule has 1 aliphatic heterocycles. The van der Waals surface area contributed by atoms with Gasteiger partial charge in [-0.25, -0.2) is 14.8 Å². The molecule has 2 rings (SSSR count). The van der Waals surface area contributed by atoms with Crippen LogP contribution in [0.5, 0.6) is 0 Å². The van der Waals surface area contributed by atoms with E-state index in [2.05, 4.69) is 32.6 Å². The fourth-order valence-electron chi connectivity index (χ4n) is 2.14. The monoisotopic (exact) mass is 371 g/mol. The summed E-state index contributed by atoms with van der Waals surface area (Å²) in [6, 6.07) is 6.73. The maximum atomic E-state index is 10.9. The molecule has 19 heavy (non-hydrogen) atoms. The third-order valence-electron chi connectivity index (χ3n) is 2.86. The second-order valence-corrected chi connectivity index (χ2v) is 5.69. The number of benzene rings is 1. The lowest BCUT2D eigenvalue weighted by molar-refractivity contribution is 0.0697. The molecule has 0 amide bonds. The molecule has 1 heterocycles. The van der Waals surface area contributed by atoms with Crippen molar-refractivity contribution in [3.8, 4) is 0 Å². The predicted octanol–water partition coefficient (Wildman–Crippen LogP) is 3.15. The molecule has 100 valence electrons. The van der Waals surface area contributed by atoms with Crippen molar-refractivity contribution < 1.29 is 9.90 Å². The Morgan fingerprint density at radius 2 is 1.89 bits per heavy atom. The van der Waals surface area contributed by atoms with E-state index < -0.39 is 11.6 Å².